The summed E-state index contributed by atoms with van der Waals surface area (Å²) in [5.74, 6) is -0.619. The Labute approximate surface area is 96.0 Å². The number of esters is 1. The lowest BCUT2D eigenvalue weighted by Crippen LogP contribution is -2.33. The summed E-state index contributed by atoms with van der Waals surface area (Å²) in [4.78, 5) is 22.3. The molecule has 1 fully saturated rings. The van der Waals surface area contributed by atoms with Gasteiger partial charge in [-0.05, 0) is 24.2 Å². The van der Waals surface area contributed by atoms with Crippen LogP contribution in [-0.4, -0.2) is 24.2 Å². The van der Waals surface area contributed by atoms with E-state index in [-0.39, 0.29) is 24.2 Å². The minimum Gasteiger partial charge on any atom is -0.481 e. The van der Waals surface area contributed by atoms with Crippen LogP contribution in [0.3, 0.4) is 0 Å². The number of hydrogen-bond donors (Lipinski definition) is 1. The summed E-state index contributed by atoms with van der Waals surface area (Å²) >= 11 is 0. The fraction of sp³-hybridized carbons (Fsp3) is 0.833. The minimum atomic E-state index is -0.821. The van der Waals surface area contributed by atoms with Crippen LogP contribution < -0.4 is 0 Å². The molecule has 1 rings (SSSR count). The van der Waals surface area contributed by atoms with Crippen LogP contribution in [0.25, 0.3) is 0 Å². The zero-order valence-electron chi connectivity index (χ0n) is 9.99. The average Bonchev–Trinajstić information content (AvgIpc) is 2.15. The van der Waals surface area contributed by atoms with Crippen molar-refractivity contribution in [3.63, 3.8) is 0 Å². The second kappa shape index (κ2) is 5.32. The number of carbonyl (C=O) groups excluding carboxylic acids is 1. The summed E-state index contributed by atoms with van der Waals surface area (Å²) in [6.07, 6.45) is 4.08. The van der Waals surface area contributed by atoms with Gasteiger partial charge in [-0.25, -0.2) is 0 Å². The maximum atomic E-state index is 11.4. The summed E-state index contributed by atoms with van der Waals surface area (Å²) in [5, 5.41) is 8.95. The van der Waals surface area contributed by atoms with E-state index in [0.29, 0.717) is 5.92 Å². The highest BCUT2D eigenvalue weighted by atomic mass is 16.5. The lowest BCUT2D eigenvalue weighted by atomic mass is 9.66. The van der Waals surface area contributed by atoms with Gasteiger partial charge in [0.05, 0.1) is 20.0 Å². The predicted molar refractivity (Wildman–Crippen MR) is 59.0 cm³/mol. The summed E-state index contributed by atoms with van der Waals surface area (Å²) in [6, 6.07) is 0. The molecule has 0 amide bonds. The maximum Gasteiger partial charge on any atom is 0.306 e. The molecule has 0 bridgehead atoms. The van der Waals surface area contributed by atoms with Crippen molar-refractivity contribution in [1.29, 1.82) is 0 Å². The Kier molecular flexibility index (Phi) is 4.33. The molecule has 1 aliphatic carbocycles. The van der Waals surface area contributed by atoms with E-state index in [9.17, 15) is 9.59 Å². The Morgan fingerprint density at radius 2 is 2.12 bits per heavy atom. The summed E-state index contributed by atoms with van der Waals surface area (Å²) < 4.78 is 4.66. The highest BCUT2D eigenvalue weighted by Crippen LogP contribution is 2.44. The number of methoxy groups -OCH3 is 1. The lowest BCUT2D eigenvalue weighted by Gasteiger charge is -2.38. The first kappa shape index (κ1) is 13.0. The van der Waals surface area contributed by atoms with Crippen molar-refractivity contribution >= 4 is 11.9 Å². The highest BCUT2D eigenvalue weighted by Gasteiger charge is 2.39. The van der Waals surface area contributed by atoms with Gasteiger partial charge in [0.2, 0.25) is 0 Å². The molecule has 0 heterocycles. The van der Waals surface area contributed by atoms with Crippen LogP contribution in [0.4, 0.5) is 0 Å². The van der Waals surface area contributed by atoms with Gasteiger partial charge in [-0.15, -0.1) is 0 Å². The molecule has 0 spiro atoms. The number of aliphatic carboxylic acids is 1. The van der Waals surface area contributed by atoms with Crippen LogP contribution in [0.1, 0.15) is 45.4 Å². The molecule has 4 heteroatoms. The molecule has 0 saturated heterocycles. The van der Waals surface area contributed by atoms with Crippen LogP contribution >= 0.6 is 0 Å². The molecule has 2 atom stereocenters. The Balaban J connectivity index is 2.74. The molecular formula is C12H20O4. The highest BCUT2D eigenvalue weighted by molar-refractivity contribution is 5.73. The number of rotatable bonds is 4. The molecule has 2 unspecified atom stereocenters. The van der Waals surface area contributed by atoms with Gasteiger partial charge in [-0.2, -0.15) is 0 Å². The Morgan fingerprint density at radius 3 is 2.62 bits per heavy atom. The molecule has 0 radical (unpaired) electrons. The first-order chi connectivity index (χ1) is 7.47. The first-order valence-electron chi connectivity index (χ1n) is 5.76. The number of hydrogen-bond acceptors (Lipinski definition) is 3. The fourth-order valence-corrected chi connectivity index (χ4v) is 2.85. The van der Waals surface area contributed by atoms with E-state index in [4.69, 9.17) is 5.11 Å². The molecular weight excluding hydrogens is 208 g/mol. The van der Waals surface area contributed by atoms with Gasteiger partial charge in [0.15, 0.2) is 0 Å². The first-order valence-corrected chi connectivity index (χ1v) is 5.76. The Morgan fingerprint density at radius 1 is 1.44 bits per heavy atom. The van der Waals surface area contributed by atoms with Crippen LogP contribution in [-0.2, 0) is 14.3 Å². The monoisotopic (exact) mass is 228 g/mol. The third-order valence-corrected chi connectivity index (χ3v) is 3.46. The second-order valence-electron chi connectivity index (χ2n) is 5.02. The summed E-state index contributed by atoms with van der Waals surface area (Å²) in [7, 11) is 1.35. The lowest BCUT2D eigenvalue weighted by molar-refractivity contribution is -0.147. The van der Waals surface area contributed by atoms with Crippen molar-refractivity contribution in [1.82, 2.24) is 0 Å². The molecule has 16 heavy (non-hydrogen) atoms. The van der Waals surface area contributed by atoms with Crippen LogP contribution in [0.2, 0.25) is 0 Å². The molecule has 0 aliphatic heterocycles. The number of carboxylic acid groups (broad SMARTS) is 1. The normalized spacial score (nSPS) is 29.8. The number of carbonyl (C=O) groups is 2. The quantitative estimate of drug-likeness (QED) is 0.749. The van der Waals surface area contributed by atoms with Gasteiger partial charge >= 0.3 is 11.9 Å². The van der Waals surface area contributed by atoms with Crippen LogP contribution in [0.5, 0.6) is 0 Å². The van der Waals surface area contributed by atoms with Crippen molar-refractivity contribution in [3.8, 4) is 0 Å². The van der Waals surface area contributed by atoms with Gasteiger partial charge in [-0.3, -0.25) is 9.59 Å². The topological polar surface area (TPSA) is 63.6 Å². The van der Waals surface area contributed by atoms with Gasteiger partial charge in [0, 0.05) is 0 Å². The van der Waals surface area contributed by atoms with Gasteiger partial charge in [0.1, 0.15) is 0 Å². The number of ether oxygens (including phenoxy) is 1. The van der Waals surface area contributed by atoms with Gasteiger partial charge in [0.25, 0.3) is 0 Å². The third kappa shape index (κ3) is 3.51. The van der Waals surface area contributed by atoms with Crippen LogP contribution in [0.15, 0.2) is 0 Å². The maximum absolute atomic E-state index is 11.4. The van der Waals surface area contributed by atoms with Crippen molar-refractivity contribution in [2.45, 2.75) is 45.4 Å². The third-order valence-electron chi connectivity index (χ3n) is 3.46. The van der Waals surface area contributed by atoms with Gasteiger partial charge < -0.3 is 9.84 Å². The molecule has 1 N–H and O–H groups in total. The molecule has 1 aliphatic rings. The average molecular weight is 228 g/mol. The molecule has 0 aromatic carbocycles. The van der Waals surface area contributed by atoms with E-state index in [2.05, 4.69) is 11.7 Å². The van der Waals surface area contributed by atoms with E-state index in [0.717, 1.165) is 25.7 Å². The molecule has 0 aromatic rings. The summed E-state index contributed by atoms with van der Waals surface area (Å²) in [5.41, 5.74) is -0.378. The van der Waals surface area contributed by atoms with E-state index in [1.54, 1.807) is 0 Å². The smallest absolute Gasteiger partial charge is 0.306 e. The minimum absolute atomic E-state index is 0.0758. The molecule has 0 aromatic heterocycles. The molecule has 92 valence electrons. The number of carboxylic acids is 1. The molecule has 1 saturated carbocycles. The summed E-state index contributed by atoms with van der Waals surface area (Å²) in [6.45, 7) is 2.12. The van der Waals surface area contributed by atoms with Crippen molar-refractivity contribution in [3.05, 3.63) is 0 Å². The Bertz CT molecular complexity index is 274. The second-order valence-corrected chi connectivity index (χ2v) is 5.02. The zero-order valence-corrected chi connectivity index (χ0v) is 9.99. The van der Waals surface area contributed by atoms with Gasteiger partial charge in [-0.1, -0.05) is 19.8 Å². The van der Waals surface area contributed by atoms with E-state index in [1.807, 2.05) is 0 Å². The van der Waals surface area contributed by atoms with Crippen molar-refractivity contribution < 1.29 is 19.4 Å². The predicted octanol–water partition coefficient (Wildman–Crippen LogP) is 2.22. The van der Waals surface area contributed by atoms with Crippen molar-refractivity contribution in [2.24, 2.45) is 11.3 Å². The van der Waals surface area contributed by atoms with E-state index >= 15 is 0 Å². The standard InChI is InChI=1S/C12H20O4/c1-9-4-3-5-12(6-9,7-10(13)14)8-11(15)16-2/h9H,3-8H2,1-2H3,(H,13,14). The molecule has 4 nitrogen and oxygen atoms in total. The SMILES string of the molecule is COC(=O)CC1(CC(=O)O)CCCC(C)C1. The largest absolute Gasteiger partial charge is 0.481 e. The van der Waals surface area contributed by atoms with Crippen molar-refractivity contribution in [2.75, 3.05) is 7.11 Å². The fourth-order valence-electron chi connectivity index (χ4n) is 2.85. The van der Waals surface area contributed by atoms with E-state index in [1.165, 1.54) is 7.11 Å². The van der Waals surface area contributed by atoms with Crippen LogP contribution in [0, 0.1) is 11.3 Å². The van der Waals surface area contributed by atoms with E-state index < -0.39 is 5.97 Å². The Hall–Kier alpha value is -1.06. The zero-order chi connectivity index (χ0) is 12.2.